The summed E-state index contributed by atoms with van der Waals surface area (Å²) < 4.78 is 15.6. The fourth-order valence-electron chi connectivity index (χ4n) is 2.18. The third-order valence-electron chi connectivity index (χ3n) is 3.49. The Balaban J connectivity index is 1.92. The molecule has 0 saturated carbocycles. The van der Waals surface area contributed by atoms with Gasteiger partial charge in [-0.2, -0.15) is 0 Å². The van der Waals surface area contributed by atoms with E-state index in [0.717, 1.165) is 17.2 Å². The van der Waals surface area contributed by atoms with Gasteiger partial charge in [0.1, 0.15) is 17.2 Å². The molecule has 0 aromatic heterocycles. The minimum absolute atomic E-state index is 0.0765. The molecule has 0 heterocycles. The van der Waals surface area contributed by atoms with E-state index >= 15 is 0 Å². The van der Waals surface area contributed by atoms with Crippen LogP contribution in [0.4, 0.5) is 5.69 Å². The maximum atomic E-state index is 12.2. The maximum absolute atomic E-state index is 12.2. The number of carbonyl (C=O) groups excluding carboxylic acids is 1. The highest BCUT2D eigenvalue weighted by atomic mass is 16.5. The van der Waals surface area contributed by atoms with Crippen LogP contribution in [0.1, 0.15) is 16.8 Å². The minimum Gasteiger partial charge on any atom is -0.497 e. The van der Waals surface area contributed by atoms with Gasteiger partial charge in [-0.25, -0.2) is 0 Å². The van der Waals surface area contributed by atoms with Crippen molar-refractivity contribution < 1.29 is 19.0 Å². The summed E-state index contributed by atoms with van der Waals surface area (Å²) in [6.07, 6.45) is 0.390. The van der Waals surface area contributed by atoms with Crippen molar-refractivity contribution in [1.29, 1.82) is 0 Å². The Morgan fingerprint density at radius 3 is 2.17 bits per heavy atom. The second-order valence-corrected chi connectivity index (χ2v) is 4.89. The number of ketones is 1. The number of rotatable bonds is 8. The van der Waals surface area contributed by atoms with Gasteiger partial charge in [0.2, 0.25) is 0 Å². The molecule has 2 aromatic rings. The molecule has 5 nitrogen and oxygen atoms in total. The Morgan fingerprint density at radius 2 is 1.57 bits per heavy atom. The third kappa shape index (κ3) is 4.39. The smallest absolute Gasteiger partial charge is 0.164 e. The van der Waals surface area contributed by atoms with Crippen molar-refractivity contribution in [3.05, 3.63) is 48.0 Å². The van der Waals surface area contributed by atoms with Crippen molar-refractivity contribution in [3.63, 3.8) is 0 Å². The second-order valence-electron chi connectivity index (χ2n) is 4.89. The van der Waals surface area contributed by atoms with E-state index in [1.54, 1.807) is 51.7 Å². The molecule has 2 aromatic carbocycles. The van der Waals surface area contributed by atoms with E-state index in [2.05, 4.69) is 5.32 Å². The first-order valence-electron chi connectivity index (χ1n) is 7.31. The predicted octanol–water partition coefficient (Wildman–Crippen LogP) is 3.40. The molecular weight excluding hydrogens is 294 g/mol. The molecule has 0 atom stereocenters. The molecule has 0 amide bonds. The Labute approximate surface area is 136 Å². The standard InChI is InChI=1S/C18H21NO4/c1-21-14-6-4-13(5-7-14)17(20)10-11-19-16-9-8-15(22-2)12-18(16)23-3/h4-9,12,19H,10-11H2,1-3H3. The summed E-state index contributed by atoms with van der Waals surface area (Å²) in [6.45, 7) is 0.521. The molecule has 2 rings (SSSR count). The largest absolute Gasteiger partial charge is 0.497 e. The number of hydrogen-bond acceptors (Lipinski definition) is 5. The van der Waals surface area contributed by atoms with E-state index in [0.29, 0.717) is 24.3 Å². The van der Waals surface area contributed by atoms with Crippen LogP contribution in [0.3, 0.4) is 0 Å². The number of nitrogens with one attached hydrogen (secondary N) is 1. The monoisotopic (exact) mass is 315 g/mol. The molecule has 0 spiro atoms. The summed E-state index contributed by atoms with van der Waals surface area (Å²) in [7, 11) is 4.81. The summed E-state index contributed by atoms with van der Waals surface area (Å²) in [4.78, 5) is 12.2. The highest BCUT2D eigenvalue weighted by molar-refractivity contribution is 5.96. The van der Waals surface area contributed by atoms with Crippen LogP contribution >= 0.6 is 0 Å². The fourth-order valence-corrected chi connectivity index (χ4v) is 2.18. The molecule has 0 aliphatic heterocycles. The molecule has 0 unspecified atom stereocenters. The summed E-state index contributed by atoms with van der Waals surface area (Å²) in [5.74, 6) is 2.22. The molecule has 0 saturated heterocycles. The van der Waals surface area contributed by atoms with Crippen molar-refractivity contribution in [3.8, 4) is 17.2 Å². The van der Waals surface area contributed by atoms with Gasteiger partial charge in [0.25, 0.3) is 0 Å². The van der Waals surface area contributed by atoms with Crippen LogP contribution < -0.4 is 19.5 Å². The second kappa shape index (κ2) is 8.08. The van der Waals surface area contributed by atoms with Gasteiger partial charge in [-0.3, -0.25) is 4.79 Å². The average molecular weight is 315 g/mol. The van der Waals surface area contributed by atoms with Crippen LogP contribution in [0.2, 0.25) is 0 Å². The van der Waals surface area contributed by atoms with E-state index in [1.165, 1.54) is 0 Å². The van der Waals surface area contributed by atoms with Gasteiger partial charge in [-0.15, -0.1) is 0 Å². The zero-order chi connectivity index (χ0) is 16.7. The Hall–Kier alpha value is -2.69. The van der Waals surface area contributed by atoms with Gasteiger partial charge in [0.15, 0.2) is 5.78 Å². The zero-order valence-corrected chi connectivity index (χ0v) is 13.6. The molecule has 0 radical (unpaired) electrons. The molecule has 122 valence electrons. The van der Waals surface area contributed by atoms with Crippen LogP contribution in [-0.4, -0.2) is 33.7 Å². The number of benzene rings is 2. The van der Waals surface area contributed by atoms with E-state index in [-0.39, 0.29) is 5.78 Å². The van der Waals surface area contributed by atoms with Gasteiger partial charge in [0.05, 0.1) is 27.0 Å². The maximum Gasteiger partial charge on any atom is 0.164 e. The summed E-state index contributed by atoms with van der Waals surface area (Å²) in [5, 5.41) is 3.21. The SMILES string of the molecule is COc1ccc(C(=O)CCNc2ccc(OC)cc2OC)cc1. The summed E-state index contributed by atoms with van der Waals surface area (Å²) >= 11 is 0. The molecule has 0 fully saturated rings. The minimum atomic E-state index is 0.0765. The van der Waals surface area contributed by atoms with Crippen LogP contribution in [0.25, 0.3) is 0 Å². The number of Topliss-reactive ketones (excluding diaryl/α,β-unsaturated/α-hetero) is 1. The lowest BCUT2D eigenvalue weighted by Crippen LogP contribution is -2.09. The molecule has 0 bridgehead atoms. The van der Waals surface area contributed by atoms with E-state index in [9.17, 15) is 4.79 Å². The summed E-state index contributed by atoms with van der Waals surface area (Å²) in [6, 6.07) is 12.6. The van der Waals surface area contributed by atoms with E-state index in [1.807, 2.05) is 12.1 Å². The quantitative estimate of drug-likeness (QED) is 0.757. The molecule has 0 aliphatic rings. The highest BCUT2D eigenvalue weighted by Crippen LogP contribution is 2.28. The lowest BCUT2D eigenvalue weighted by atomic mass is 10.1. The Kier molecular flexibility index (Phi) is 5.86. The van der Waals surface area contributed by atoms with Gasteiger partial charge in [0, 0.05) is 24.6 Å². The van der Waals surface area contributed by atoms with Crippen molar-refractivity contribution in [1.82, 2.24) is 0 Å². The topological polar surface area (TPSA) is 56.8 Å². The normalized spacial score (nSPS) is 10.0. The van der Waals surface area contributed by atoms with Crippen molar-refractivity contribution >= 4 is 11.5 Å². The van der Waals surface area contributed by atoms with E-state index in [4.69, 9.17) is 14.2 Å². The first kappa shape index (κ1) is 16.7. The number of anilines is 1. The predicted molar refractivity (Wildman–Crippen MR) is 90.0 cm³/mol. The van der Waals surface area contributed by atoms with Crippen LogP contribution in [0, 0.1) is 0 Å². The number of methoxy groups -OCH3 is 3. The molecule has 23 heavy (non-hydrogen) atoms. The van der Waals surface area contributed by atoms with Gasteiger partial charge in [-0.1, -0.05) is 0 Å². The number of ether oxygens (including phenoxy) is 3. The molecular formula is C18H21NO4. The van der Waals surface area contributed by atoms with E-state index < -0.39 is 0 Å². The van der Waals surface area contributed by atoms with Crippen molar-refractivity contribution in [2.45, 2.75) is 6.42 Å². The lowest BCUT2D eigenvalue weighted by Gasteiger charge is -2.12. The van der Waals surface area contributed by atoms with Gasteiger partial charge >= 0.3 is 0 Å². The van der Waals surface area contributed by atoms with Gasteiger partial charge in [-0.05, 0) is 36.4 Å². The zero-order valence-electron chi connectivity index (χ0n) is 13.6. The Bertz CT molecular complexity index is 653. The first-order valence-corrected chi connectivity index (χ1v) is 7.31. The third-order valence-corrected chi connectivity index (χ3v) is 3.49. The van der Waals surface area contributed by atoms with Crippen LogP contribution in [0.15, 0.2) is 42.5 Å². The number of hydrogen-bond donors (Lipinski definition) is 1. The summed E-state index contributed by atoms with van der Waals surface area (Å²) in [5.41, 5.74) is 1.50. The fraction of sp³-hybridized carbons (Fsp3) is 0.278. The molecule has 1 N–H and O–H groups in total. The Morgan fingerprint density at radius 1 is 0.913 bits per heavy atom. The van der Waals surface area contributed by atoms with Crippen molar-refractivity contribution in [2.24, 2.45) is 0 Å². The van der Waals surface area contributed by atoms with Crippen molar-refractivity contribution in [2.75, 3.05) is 33.2 Å². The van der Waals surface area contributed by atoms with Gasteiger partial charge < -0.3 is 19.5 Å². The average Bonchev–Trinajstić information content (AvgIpc) is 2.61. The highest BCUT2D eigenvalue weighted by Gasteiger charge is 2.08. The molecule has 0 aliphatic carbocycles. The number of carbonyl (C=O) groups is 1. The van der Waals surface area contributed by atoms with Crippen LogP contribution in [-0.2, 0) is 0 Å². The first-order chi connectivity index (χ1) is 11.2. The molecule has 5 heteroatoms. The lowest BCUT2D eigenvalue weighted by molar-refractivity contribution is 0.0986. The van der Waals surface area contributed by atoms with Crippen LogP contribution in [0.5, 0.6) is 17.2 Å².